The van der Waals surface area contributed by atoms with Crippen molar-refractivity contribution in [3.8, 4) is 0 Å². The molecular formula is C15H20FIN2O. The zero-order valence-electron chi connectivity index (χ0n) is 11.4. The van der Waals surface area contributed by atoms with Crippen LogP contribution in [0.2, 0.25) is 0 Å². The largest absolute Gasteiger partial charge is 0.354 e. The van der Waals surface area contributed by atoms with Gasteiger partial charge in [0.05, 0.1) is 6.42 Å². The fraction of sp³-hybridized carbons (Fsp3) is 0.533. The van der Waals surface area contributed by atoms with E-state index in [0.717, 1.165) is 24.9 Å². The molecule has 1 amide bonds. The molecule has 3 nitrogen and oxygen atoms in total. The number of rotatable bonds is 6. The second kappa shape index (κ2) is 7.93. The van der Waals surface area contributed by atoms with Gasteiger partial charge in [0.2, 0.25) is 5.91 Å². The van der Waals surface area contributed by atoms with Crippen LogP contribution in [-0.4, -0.2) is 43.2 Å². The first kappa shape index (κ1) is 15.7. The summed E-state index contributed by atoms with van der Waals surface area (Å²) in [5, 5.41) is 2.97. The Kier molecular flexibility index (Phi) is 6.22. The number of hydrogen-bond acceptors (Lipinski definition) is 2. The van der Waals surface area contributed by atoms with Gasteiger partial charge in [-0.1, -0.05) is 12.1 Å². The number of halogens is 2. The van der Waals surface area contributed by atoms with Gasteiger partial charge in [-0.05, 0) is 59.7 Å². The number of nitrogens with one attached hydrogen (secondary N) is 1. The monoisotopic (exact) mass is 390 g/mol. The third-order valence-corrected chi connectivity index (χ3v) is 4.40. The molecule has 110 valence electrons. The normalized spacial score (nSPS) is 19.2. The highest BCUT2D eigenvalue weighted by molar-refractivity contribution is 14.1. The molecule has 1 fully saturated rings. The lowest BCUT2D eigenvalue weighted by atomic mass is 10.1. The van der Waals surface area contributed by atoms with Crippen LogP contribution in [0.4, 0.5) is 4.39 Å². The number of likely N-dealkylation sites (tertiary alicyclic amines) is 1. The molecule has 1 aromatic rings. The molecule has 2 rings (SSSR count). The van der Waals surface area contributed by atoms with Crippen LogP contribution in [0.3, 0.4) is 0 Å². The predicted octanol–water partition coefficient (Wildman–Crippen LogP) is 2.38. The van der Waals surface area contributed by atoms with Crippen LogP contribution in [0.1, 0.15) is 18.4 Å². The van der Waals surface area contributed by atoms with E-state index in [1.165, 1.54) is 3.57 Å². The highest BCUT2D eigenvalue weighted by Gasteiger charge is 2.24. The molecule has 20 heavy (non-hydrogen) atoms. The minimum atomic E-state index is -0.312. The maximum Gasteiger partial charge on any atom is 0.224 e. The molecule has 1 aliphatic heterocycles. The molecule has 0 bridgehead atoms. The second-order valence-corrected chi connectivity index (χ2v) is 6.37. The summed E-state index contributed by atoms with van der Waals surface area (Å²) in [5.74, 6) is 0.0401. The Hall–Kier alpha value is -0.690. The highest BCUT2D eigenvalue weighted by atomic mass is 127. The Morgan fingerprint density at radius 2 is 2.15 bits per heavy atom. The first-order valence-corrected chi connectivity index (χ1v) is 8.08. The second-order valence-electron chi connectivity index (χ2n) is 5.13. The predicted molar refractivity (Wildman–Crippen MR) is 86.4 cm³/mol. The van der Waals surface area contributed by atoms with Crippen molar-refractivity contribution >= 4 is 28.5 Å². The van der Waals surface area contributed by atoms with E-state index in [0.29, 0.717) is 25.6 Å². The molecule has 0 saturated carbocycles. The lowest BCUT2D eigenvalue weighted by Crippen LogP contribution is -2.41. The van der Waals surface area contributed by atoms with E-state index in [2.05, 4.69) is 32.8 Å². The Balaban J connectivity index is 1.76. The van der Waals surface area contributed by atoms with E-state index in [1.807, 2.05) is 24.3 Å². The van der Waals surface area contributed by atoms with Crippen LogP contribution in [-0.2, 0) is 11.2 Å². The fourth-order valence-corrected chi connectivity index (χ4v) is 2.97. The number of benzene rings is 1. The Morgan fingerprint density at radius 1 is 1.40 bits per heavy atom. The summed E-state index contributed by atoms with van der Waals surface area (Å²) in [7, 11) is 0. The Labute approximate surface area is 133 Å². The zero-order valence-corrected chi connectivity index (χ0v) is 13.6. The molecule has 0 unspecified atom stereocenters. The van der Waals surface area contributed by atoms with Crippen LogP contribution >= 0.6 is 22.6 Å². The van der Waals surface area contributed by atoms with Gasteiger partial charge in [-0.25, -0.2) is 4.39 Å². The topological polar surface area (TPSA) is 32.3 Å². The summed E-state index contributed by atoms with van der Waals surface area (Å²) >= 11 is 2.25. The Bertz CT molecular complexity index is 438. The van der Waals surface area contributed by atoms with E-state index in [1.54, 1.807) is 0 Å². The fourth-order valence-electron chi connectivity index (χ4n) is 2.61. The minimum absolute atomic E-state index is 0.0401. The van der Waals surface area contributed by atoms with Crippen molar-refractivity contribution in [1.29, 1.82) is 0 Å². The van der Waals surface area contributed by atoms with Crippen molar-refractivity contribution in [2.45, 2.75) is 25.3 Å². The van der Waals surface area contributed by atoms with Gasteiger partial charge in [-0.2, -0.15) is 0 Å². The van der Waals surface area contributed by atoms with E-state index in [-0.39, 0.29) is 12.6 Å². The average molecular weight is 390 g/mol. The van der Waals surface area contributed by atoms with Crippen LogP contribution in [0.25, 0.3) is 0 Å². The van der Waals surface area contributed by atoms with Crippen LogP contribution in [0.15, 0.2) is 24.3 Å². The van der Waals surface area contributed by atoms with E-state index < -0.39 is 0 Å². The van der Waals surface area contributed by atoms with Crippen LogP contribution in [0.5, 0.6) is 0 Å². The number of carbonyl (C=O) groups is 1. The van der Waals surface area contributed by atoms with Gasteiger partial charge in [0.25, 0.3) is 0 Å². The zero-order chi connectivity index (χ0) is 14.4. The van der Waals surface area contributed by atoms with E-state index in [4.69, 9.17) is 0 Å². The molecule has 0 radical (unpaired) electrons. The van der Waals surface area contributed by atoms with Crippen LogP contribution in [0, 0.1) is 3.57 Å². The molecular weight excluding hydrogens is 370 g/mol. The quantitative estimate of drug-likeness (QED) is 0.757. The summed E-state index contributed by atoms with van der Waals surface area (Å²) in [6.45, 7) is 1.75. The maximum absolute atomic E-state index is 12.4. The Morgan fingerprint density at radius 3 is 2.85 bits per heavy atom. The van der Waals surface area contributed by atoms with E-state index >= 15 is 0 Å². The third kappa shape index (κ3) is 4.70. The lowest BCUT2D eigenvalue weighted by Gasteiger charge is -2.23. The van der Waals surface area contributed by atoms with Gasteiger partial charge < -0.3 is 5.32 Å². The molecule has 1 saturated heterocycles. The van der Waals surface area contributed by atoms with E-state index in [9.17, 15) is 9.18 Å². The molecule has 1 aliphatic rings. The molecule has 0 spiro atoms. The molecule has 0 aromatic heterocycles. The summed E-state index contributed by atoms with van der Waals surface area (Å²) in [4.78, 5) is 14.0. The van der Waals surface area contributed by atoms with Crippen molar-refractivity contribution in [3.05, 3.63) is 33.4 Å². The summed E-state index contributed by atoms with van der Waals surface area (Å²) in [6.07, 6.45) is 2.55. The molecule has 1 heterocycles. The number of carbonyl (C=O) groups excluding carboxylic acids is 1. The van der Waals surface area contributed by atoms with Gasteiger partial charge in [0, 0.05) is 22.7 Å². The first-order chi connectivity index (χ1) is 9.69. The molecule has 0 aliphatic carbocycles. The smallest absolute Gasteiger partial charge is 0.224 e. The number of alkyl halides is 1. The number of amides is 1. The molecule has 5 heteroatoms. The van der Waals surface area contributed by atoms with Gasteiger partial charge >= 0.3 is 0 Å². The van der Waals surface area contributed by atoms with Gasteiger partial charge in [-0.15, -0.1) is 0 Å². The number of hydrogen-bond donors (Lipinski definition) is 1. The van der Waals surface area contributed by atoms with Crippen molar-refractivity contribution in [3.63, 3.8) is 0 Å². The third-order valence-electron chi connectivity index (χ3n) is 3.68. The molecule has 1 aromatic carbocycles. The average Bonchev–Trinajstić information content (AvgIpc) is 2.87. The van der Waals surface area contributed by atoms with Crippen molar-refractivity contribution in [2.24, 2.45) is 0 Å². The molecule has 1 N–H and O–H groups in total. The SMILES string of the molecule is O=C(Cc1ccc(I)cc1)NC[C@H]1CCCN1CCF. The van der Waals surface area contributed by atoms with Gasteiger partial charge in [0.15, 0.2) is 0 Å². The summed E-state index contributed by atoms with van der Waals surface area (Å²) < 4.78 is 13.6. The summed E-state index contributed by atoms with van der Waals surface area (Å²) in [6, 6.07) is 8.26. The minimum Gasteiger partial charge on any atom is -0.354 e. The van der Waals surface area contributed by atoms with Gasteiger partial charge in [-0.3, -0.25) is 9.69 Å². The maximum atomic E-state index is 12.4. The summed E-state index contributed by atoms with van der Waals surface area (Å²) in [5.41, 5.74) is 1.02. The van der Waals surface area contributed by atoms with Crippen LogP contribution < -0.4 is 5.32 Å². The number of nitrogens with zero attached hydrogens (tertiary/aromatic N) is 1. The van der Waals surface area contributed by atoms with Gasteiger partial charge in [0.1, 0.15) is 6.67 Å². The standard InChI is InChI=1S/C15H20FIN2O/c16-7-9-19-8-1-2-14(19)11-18-15(20)10-12-3-5-13(17)6-4-12/h3-6,14H,1-2,7-11H2,(H,18,20)/t14-/m1/s1. The first-order valence-electron chi connectivity index (χ1n) is 7.00. The van der Waals surface area contributed by atoms with Crippen molar-refractivity contribution < 1.29 is 9.18 Å². The highest BCUT2D eigenvalue weighted by Crippen LogP contribution is 2.16. The van der Waals surface area contributed by atoms with Crippen molar-refractivity contribution in [1.82, 2.24) is 10.2 Å². The molecule has 1 atom stereocenters. The lowest BCUT2D eigenvalue weighted by molar-refractivity contribution is -0.120. The van der Waals surface area contributed by atoms with Crippen molar-refractivity contribution in [2.75, 3.05) is 26.3 Å².